The van der Waals surface area contributed by atoms with Crippen molar-refractivity contribution in [3.63, 3.8) is 0 Å². The molecular weight excluding hydrogens is 372 g/mol. The zero-order chi connectivity index (χ0) is 19.8. The molecule has 0 aromatic heterocycles. The molecule has 1 amide bonds. The van der Waals surface area contributed by atoms with E-state index in [1.165, 1.54) is 12.1 Å². The number of alkyl halides is 3. The smallest absolute Gasteiger partial charge is 0.368 e. The van der Waals surface area contributed by atoms with Gasteiger partial charge < -0.3 is 15.4 Å². The Hall–Kier alpha value is -1.74. The van der Waals surface area contributed by atoms with Gasteiger partial charge in [-0.05, 0) is 39.0 Å². The van der Waals surface area contributed by atoms with Crippen LogP contribution >= 0.6 is 12.2 Å². The molecular formula is C17H20F4N2O2S. The molecule has 1 fully saturated rings. The highest BCUT2D eigenvalue weighted by Crippen LogP contribution is 2.36. The molecule has 1 unspecified atom stereocenters. The highest BCUT2D eigenvalue weighted by Gasteiger charge is 2.40. The van der Waals surface area contributed by atoms with Gasteiger partial charge in [-0.2, -0.15) is 13.2 Å². The van der Waals surface area contributed by atoms with Crippen LogP contribution in [0.3, 0.4) is 0 Å². The molecule has 1 aliphatic heterocycles. The summed E-state index contributed by atoms with van der Waals surface area (Å²) < 4.78 is 57.1. The molecule has 4 nitrogen and oxygen atoms in total. The molecule has 0 bridgehead atoms. The van der Waals surface area contributed by atoms with Crippen molar-refractivity contribution in [3.05, 3.63) is 29.6 Å². The van der Waals surface area contributed by atoms with E-state index in [1.54, 1.807) is 6.92 Å². The minimum atomic E-state index is -4.62. The summed E-state index contributed by atoms with van der Waals surface area (Å²) >= 11 is 5.20. The quantitative estimate of drug-likeness (QED) is 0.602. The fourth-order valence-corrected chi connectivity index (χ4v) is 3.41. The van der Waals surface area contributed by atoms with E-state index in [0.717, 1.165) is 6.07 Å². The summed E-state index contributed by atoms with van der Waals surface area (Å²) in [4.78, 5) is 11.9. The van der Waals surface area contributed by atoms with Crippen LogP contribution in [0, 0.1) is 5.82 Å². The zero-order valence-corrected chi connectivity index (χ0v) is 15.4. The number of carbonyl (C=O) groups is 1. The van der Waals surface area contributed by atoms with Crippen LogP contribution in [-0.4, -0.2) is 29.3 Å². The number of nitrogens with one attached hydrogen (secondary N) is 2. The van der Waals surface area contributed by atoms with Crippen LogP contribution in [0.4, 0.5) is 23.2 Å². The van der Waals surface area contributed by atoms with E-state index in [4.69, 9.17) is 17.0 Å². The first-order chi connectivity index (χ1) is 11.8. The molecule has 26 heavy (non-hydrogen) atoms. The maximum absolute atomic E-state index is 14.5. The molecule has 2 rings (SSSR count). The Morgan fingerprint density at radius 2 is 2.00 bits per heavy atom. The molecule has 0 spiro atoms. The second kappa shape index (κ2) is 7.11. The van der Waals surface area contributed by atoms with Crippen molar-refractivity contribution >= 4 is 28.8 Å². The second-order valence-electron chi connectivity index (χ2n) is 7.14. The summed E-state index contributed by atoms with van der Waals surface area (Å²) in [5.74, 6) is -1.78. The molecule has 1 aromatic carbocycles. The van der Waals surface area contributed by atoms with Crippen LogP contribution < -0.4 is 10.6 Å². The Labute approximate surface area is 154 Å². The molecule has 1 atom stereocenters. The molecule has 0 radical (unpaired) electrons. The van der Waals surface area contributed by atoms with Crippen molar-refractivity contribution in [3.8, 4) is 0 Å². The molecule has 1 aliphatic rings. The van der Waals surface area contributed by atoms with E-state index in [2.05, 4.69) is 10.6 Å². The van der Waals surface area contributed by atoms with Gasteiger partial charge >= 0.3 is 6.18 Å². The Morgan fingerprint density at radius 3 is 2.62 bits per heavy atom. The number of thiocarbonyl (C=S) groups is 1. The number of benzene rings is 1. The van der Waals surface area contributed by atoms with Gasteiger partial charge in [0.1, 0.15) is 17.2 Å². The third kappa shape index (κ3) is 5.38. The standard InChI is InChI=1S/C17H20F4N2O2S/c1-15(2)9-16(3,23-14(26)8-25-15)11-6-10(4-5-12(11)18)22-13(24)7-17(19,20)21/h4-6H,7-9H2,1-3H3,(H,22,24)(H,23,26). The summed E-state index contributed by atoms with van der Waals surface area (Å²) in [6.45, 7) is 5.60. The molecule has 9 heteroatoms. The minimum absolute atomic E-state index is 0.0764. The van der Waals surface area contributed by atoms with E-state index in [-0.39, 0.29) is 17.9 Å². The fourth-order valence-electron chi connectivity index (χ4n) is 3.13. The first-order valence-corrected chi connectivity index (χ1v) is 8.32. The SMILES string of the molecule is CC1(C)CC(C)(c2cc(NC(=O)CC(F)(F)F)ccc2F)NC(=S)CO1. The average Bonchev–Trinajstić information content (AvgIpc) is 2.54. The number of anilines is 1. The number of amides is 1. The lowest BCUT2D eigenvalue weighted by Gasteiger charge is -2.35. The van der Waals surface area contributed by atoms with E-state index in [9.17, 15) is 22.4 Å². The van der Waals surface area contributed by atoms with Gasteiger partial charge in [-0.3, -0.25) is 4.79 Å². The molecule has 1 heterocycles. The van der Waals surface area contributed by atoms with Gasteiger partial charge in [0, 0.05) is 17.7 Å². The number of hydrogen-bond donors (Lipinski definition) is 2. The van der Waals surface area contributed by atoms with Crippen LogP contribution in [0.5, 0.6) is 0 Å². The number of ether oxygens (including phenoxy) is 1. The van der Waals surface area contributed by atoms with E-state index in [0.29, 0.717) is 11.4 Å². The number of rotatable bonds is 3. The number of halogens is 4. The van der Waals surface area contributed by atoms with E-state index >= 15 is 0 Å². The van der Waals surface area contributed by atoms with Crippen molar-refractivity contribution in [2.45, 2.75) is 50.9 Å². The van der Waals surface area contributed by atoms with Crippen LogP contribution in [0.1, 0.15) is 39.2 Å². The average molecular weight is 392 g/mol. The normalized spacial score (nSPS) is 23.1. The largest absolute Gasteiger partial charge is 0.397 e. The summed E-state index contributed by atoms with van der Waals surface area (Å²) in [5, 5.41) is 5.21. The van der Waals surface area contributed by atoms with Crippen LogP contribution in [0.25, 0.3) is 0 Å². The first-order valence-electron chi connectivity index (χ1n) is 7.91. The fraction of sp³-hybridized carbons (Fsp3) is 0.529. The summed E-state index contributed by atoms with van der Waals surface area (Å²) in [7, 11) is 0. The lowest BCUT2D eigenvalue weighted by Crippen LogP contribution is -2.45. The Balaban J connectivity index is 2.33. The van der Waals surface area contributed by atoms with Crippen LogP contribution in [0.2, 0.25) is 0 Å². The summed E-state index contributed by atoms with van der Waals surface area (Å²) in [6, 6.07) is 3.64. The maximum atomic E-state index is 14.5. The van der Waals surface area contributed by atoms with E-state index in [1.807, 2.05) is 13.8 Å². The summed E-state index contributed by atoms with van der Waals surface area (Å²) in [5.41, 5.74) is -1.30. The molecule has 0 saturated carbocycles. The highest BCUT2D eigenvalue weighted by molar-refractivity contribution is 7.80. The van der Waals surface area contributed by atoms with Crippen LogP contribution in [-0.2, 0) is 15.1 Å². The van der Waals surface area contributed by atoms with Crippen molar-refractivity contribution in [1.29, 1.82) is 0 Å². The van der Waals surface area contributed by atoms with Crippen molar-refractivity contribution < 1.29 is 27.1 Å². The zero-order valence-electron chi connectivity index (χ0n) is 14.6. The molecule has 2 N–H and O–H groups in total. The first kappa shape index (κ1) is 20.6. The molecule has 1 saturated heterocycles. The lowest BCUT2D eigenvalue weighted by molar-refractivity contribution is -0.150. The molecule has 1 aromatic rings. The maximum Gasteiger partial charge on any atom is 0.397 e. The van der Waals surface area contributed by atoms with Gasteiger partial charge in [0.15, 0.2) is 0 Å². The van der Waals surface area contributed by atoms with Gasteiger partial charge in [-0.15, -0.1) is 0 Å². The lowest BCUT2D eigenvalue weighted by atomic mass is 9.81. The highest BCUT2D eigenvalue weighted by atomic mass is 32.1. The Morgan fingerprint density at radius 1 is 1.35 bits per heavy atom. The van der Waals surface area contributed by atoms with E-state index < -0.39 is 35.5 Å². The molecule has 0 aliphatic carbocycles. The summed E-state index contributed by atoms with van der Waals surface area (Å²) in [6.07, 6.45) is -5.87. The third-order valence-corrected chi connectivity index (χ3v) is 4.21. The monoisotopic (exact) mass is 392 g/mol. The van der Waals surface area contributed by atoms with Crippen LogP contribution in [0.15, 0.2) is 18.2 Å². The molecule has 144 valence electrons. The topological polar surface area (TPSA) is 50.4 Å². The second-order valence-corrected chi connectivity index (χ2v) is 7.63. The van der Waals surface area contributed by atoms with Crippen molar-refractivity contribution in [2.75, 3.05) is 11.9 Å². The predicted octanol–water partition coefficient (Wildman–Crippen LogP) is 4.05. The predicted molar refractivity (Wildman–Crippen MR) is 93.4 cm³/mol. The van der Waals surface area contributed by atoms with Gasteiger partial charge in [-0.1, -0.05) is 12.2 Å². The van der Waals surface area contributed by atoms with Gasteiger partial charge in [-0.25, -0.2) is 4.39 Å². The van der Waals surface area contributed by atoms with Gasteiger partial charge in [0.2, 0.25) is 5.91 Å². The Bertz CT molecular complexity index is 721. The van der Waals surface area contributed by atoms with Crippen molar-refractivity contribution in [1.82, 2.24) is 5.32 Å². The Kier molecular flexibility index (Phi) is 5.63. The van der Waals surface area contributed by atoms with Gasteiger partial charge in [0.25, 0.3) is 0 Å². The number of carbonyl (C=O) groups excluding carboxylic acids is 1. The third-order valence-electron chi connectivity index (χ3n) is 3.99. The van der Waals surface area contributed by atoms with Gasteiger partial charge in [0.05, 0.1) is 17.7 Å². The number of hydrogen-bond acceptors (Lipinski definition) is 3. The minimum Gasteiger partial charge on any atom is -0.368 e. The van der Waals surface area contributed by atoms with Crippen molar-refractivity contribution in [2.24, 2.45) is 0 Å².